The summed E-state index contributed by atoms with van der Waals surface area (Å²) in [7, 11) is 1.46. The number of nitrogens with zero attached hydrogens (tertiary/aromatic N) is 2. The molecule has 0 bridgehead atoms. The van der Waals surface area contributed by atoms with Crippen molar-refractivity contribution in [2.45, 2.75) is 26.4 Å². The van der Waals surface area contributed by atoms with Crippen LogP contribution >= 0.6 is 11.6 Å². The van der Waals surface area contributed by atoms with Crippen molar-refractivity contribution in [3.8, 4) is 17.5 Å². The average Bonchev–Trinajstić information content (AvgIpc) is 3.23. The van der Waals surface area contributed by atoms with Crippen LogP contribution in [-0.2, 0) is 16.1 Å². The third-order valence-corrected chi connectivity index (χ3v) is 6.89. The maximum absolute atomic E-state index is 14.0. The fourth-order valence-electron chi connectivity index (χ4n) is 4.35. The Morgan fingerprint density at radius 2 is 1.70 bits per heavy atom. The van der Waals surface area contributed by atoms with Crippen LogP contribution < -0.4 is 25.8 Å². The van der Waals surface area contributed by atoms with Crippen LogP contribution in [0.15, 0.2) is 89.7 Å². The van der Waals surface area contributed by atoms with Gasteiger partial charge in [0.25, 0.3) is 23.6 Å². The van der Waals surface area contributed by atoms with Gasteiger partial charge < -0.3 is 25.2 Å². The minimum Gasteiger partial charge on any atom is -0.497 e. The van der Waals surface area contributed by atoms with Crippen LogP contribution in [0.2, 0.25) is 5.02 Å². The zero-order valence-electron chi connectivity index (χ0n) is 24.3. The van der Waals surface area contributed by atoms with Gasteiger partial charge in [0, 0.05) is 16.8 Å². The number of Topliss-reactive ketones (excluding diaryl/α,β-unsaturated/α-hetero) is 1. The third-order valence-electron chi connectivity index (χ3n) is 6.57. The molecule has 0 saturated carbocycles. The Balaban J connectivity index is 1.83. The van der Waals surface area contributed by atoms with Crippen molar-refractivity contribution in [3.05, 3.63) is 112 Å². The number of imidazole rings is 1. The highest BCUT2D eigenvalue weighted by Crippen LogP contribution is 2.32. The Bertz CT molecular complexity index is 1760. The largest absolute Gasteiger partial charge is 0.497 e. The summed E-state index contributed by atoms with van der Waals surface area (Å²) < 4.78 is 12.6. The Morgan fingerprint density at radius 1 is 1.02 bits per heavy atom. The van der Waals surface area contributed by atoms with E-state index in [0.717, 1.165) is 10.1 Å². The molecule has 0 spiro atoms. The van der Waals surface area contributed by atoms with Crippen LogP contribution in [0.25, 0.3) is 0 Å². The number of rotatable bonds is 12. The standard InChI is InChI=1S/C32H31ClN4O7/c1-5-44-31-30(41)37(32(42)36(31)18-20-9-7-6-8-10-20)26(27(38)21-11-14-23(43-4)15-12-21)29(40)35-25-17-22(13-16-24(25)33)34-28(39)19(2)3/h6-17,26,41H,2,5,18H2,1,3-4H3,(H,34,39)(H,35,40). The molecule has 1 heterocycles. The summed E-state index contributed by atoms with van der Waals surface area (Å²) >= 11 is 6.36. The van der Waals surface area contributed by atoms with E-state index >= 15 is 0 Å². The van der Waals surface area contributed by atoms with Gasteiger partial charge in [-0.05, 0) is 61.9 Å². The summed E-state index contributed by atoms with van der Waals surface area (Å²) in [6, 6.07) is 17.4. The van der Waals surface area contributed by atoms with Crippen LogP contribution in [0.5, 0.6) is 17.5 Å². The predicted octanol–water partition coefficient (Wildman–Crippen LogP) is 5.04. The predicted molar refractivity (Wildman–Crippen MR) is 167 cm³/mol. The lowest BCUT2D eigenvalue weighted by Gasteiger charge is -2.18. The lowest BCUT2D eigenvalue weighted by Crippen LogP contribution is -2.39. The topological polar surface area (TPSA) is 141 Å². The van der Waals surface area contributed by atoms with Crippen molar-refractivity contribution in [1.29, 1.82) is 0 Å². The molecule has 1 aromatic heterocycles. The highest BCUT2D eigenvalue weighted by molar-refractivity contribution is 6.34. The minimum atomic E-state index is -1.89. The number of carbonyl (C=O) groups is 3. The number of hydrogen-bond donors (Lipinski definition) is 3. The molecule has 0 aliphatic carbocycles. The normalized spacial score (nSPS) is 11.4. The number of amides is 2. The molecule has 1 unspecified atom stereocenters. The molecule has 12 heteroatoms. The van der Waals surface area contributed by atoms with E-state index in [1.807, 2.05) is 6.07 Å². The van der Waals surface area contributed by atoms with Gasteiger partial charge in [-0.2, -0.15) is 0 Å². The molecule has 44 heavy (non-hydrogen) atoms. The fraction of sp³-hybridized carbons (Fsp3) is 0.188. The number of methoxy groups -OCH3 is 1. The van der Waals surface area contributed by atoms with E-state index < -0.39 is 35.2 Å². The Kier molecular flexibility index (Phi) is 9.92. The van der Waals surface area contributed by atoms with Crippen molar-refractivity contribution in [2.75, 3.05) is 24.4 Å². The fourth-order valence-corrected chi connectivity index (χ4v) is 4.52. The van der Waals surface area contributed by atoms with Crippen molar-refractivity contribution in [2.24, 2.45) is 0 Å². The molecule has 11 nitrogen and oxygen atoms in total. The van der Waals surface area contributed by atoms with Crippen molar-refractivity contribution >= 4 is 40.6 Å². The number of hydrogen-bond acceptors (Lipinski definition) is 7. The quantitative estimate of drug-likeness (QED) is 0.115. The van der Waals surface area contributed by atoms with Crippen LogP contribution in [0.1, 0.15) is 35.8 Å². The molecule has 3 aromatic carbocycles. The molecule has 3 N–H and O–H groups in total. The first kappa shape index (κ1) is 31.6. The van der Waals surface area contributed by atoms with E-state index in [1.165, 1.54) is 56.5 Å². The number of benzene rings is 3. The van der Waals surface area contributed by atoms with Gasteiger partial charge in [0.2, 0.25) is 0 Å². The van der Waals surface area contributed by atoms with E-state index in [0.29, 0.717) is 16.0 Å². The number of aromatic hydroxyl groups is 1. The summed E-state index contributed by atoms with van der Waals surface area (Å²) in [5, 5.41) is 16.6. The van der Waals surface area contributed by atoms with Gasteiger partial charge in [0.15, 0.2) is 11.8 Å². The molecule has 0 saturated heterocycles. The van der Waals surface area contributed by atoms with Crippen molar-refractivity contribution < 1.29 is 29.0 Å². The molecule has 4 rings (SSSR count). The average molecular weight is 619 g/mol. The Morgan fingerprint density at radius 3 is 2.32 bits per heavy atom. The lowest BCUT2D eigenvalue weighted by molar-refractivity contribution is -0.118. The highest BCUT2D eigenvalue weighted by atomic mass is 35.5. The van der Waals surface area contributed by atoms with Crippen molar-refractivity contribution in [1.82, 2.24) is 9.13 Å². The monoisotopic (exact) mass is 618 g/mol. The second kappa shape index (κ2) is 13.8. The summed E-state index contributed by atoms with van der Waals surface area (Å²) in [5.41, 5.74) is 0.532. The number of aromatic nitrogens is 2. The van der Waals surface area contributed by atoms with Crippen LogP contribution in [0, 0.1) is 0 Å². The van der Waals surface area contributed by atoms with E-state index in [2.05, 4.69) is 17.2 Å². The highest BCUT2D eigenvalue weighted by Gasteiger charge is 2.37. The molecule has 4 aromatic rings. The first-order chi connectivity index (χ1) is 21.0. The summed E-state index contributed by atoms with van der Waals surface area (Å²) in [4.78, 5) is 53.9. The van der Waals surface area contributed by atoms with Gasteiger partial charge in [0.1, 0.15) is 5.75 Å². The summed E-state index contributed by atoms with van der Waals surface area (Å²) in [6.45, 7) is 6.89. The van der Waals surface area contributed by atoms with Gasteiger partial charge in [-0.1, -0.05) is 48.5 Å². The summed E-state index contributed by atoms with van der Waals surface area (Å²) in [6.07, 6.45) is 0. The van der Waals surface area contributed by atoms with Crippen LogP contribution in [0.4, 0.5) is 11.4 Å². The van der Waals surface area contributed by atoms with E-state index in [4.69, 9.17) is 21.1 Å². The number of ether oxygens (including phenoxy) is 2. The Labute approximate surface area is 258 Å². The zero-order valence-corrected chi connectivity index (χ0v) is 25.1. The SMILES string of the molecule is C=C(C)C(=O)Nc1ccc(Cl)c(NC(=O)C(C(=O)c2ccc(OC)cc2)n2c(O)c(OCC)n(Cc3ccccc3)c2=O)c1. The summed E-state index contributed by atoms with van der Waals surface area (Å²) in [5.74, 6) is -2.67. The first-order valence-corrected chi connectivity index (χ1v) is 13.9. The van der Waals surface area contributed by atoms with Crippen LogP contribution in [-0.4, -0.2) is 45.6 Å². The number of anilines is 2. The second-order valence-corrected chi connectivity index (χ2v) is 10.1. The molecule has 228 valence electrons. The molecule has 0 radical (unpaired) electrons. The van der Waals surface area contributed by atoms with E-state index in [1.54, 1.807) is 31.2 Å². The number of halogens is 1. The number of nitrogens with one attached hydrogen (secondary N) is 2. The van der Waals surface area contributed by atoms with Gasteiger partial charge in [-0.25, -0.2) is 9.36 Å². The van der Waals surface area contributed by atoms with Gasteiger partial charge in [-0.15, -0.1) is 0 Å². The number of carbonyl (C=O) groups excluding carboxylic acids is 3. The first-order valence-electron chi connectivity index (χ1n) is 13.5. The lowest BCUT2D eigenvalue weighted by atomic mass is 10.0. The molecule has 1 atom stereocenters. The van der Waals surface area contributed by atoms with E-state index in [-0.39, 0.29) is 40.9 Å². The Hall–Kier alpha value is -5.29. The third kappa shape index (κ3) is 6.84. The maximum Gasteiger partial charge on any atom is 0.335 e. The molecule has 0 fully saturated rings. The molecule has 2 amide bonds. The van der Waals surface area contributed by atoms with Crippen molar-refractivity contribution in [3.63, 3.8) is 0 Å². The van der Waals surface area contributed by atoms with Crippen LogP contribution in [0.3, 0.4) is 0 Å². The number of ketones is 1. The second-order valence-electron chi connectivity index (χ2n) is 9.70. The molecular formula is C32H31ClN4O7. The van der Waals surface area contributed by atoms with Gasteiger partial charge in [0.05, 0.1) is 31.0 Å². The van der Waals surface area contributed by atoms with Gasteiger partial charge >= 0.3 is 5.69 Å². The smallest absolute Gasteiger partial charge is 0.335 e. The maximum atomic E-state index is 14.0. The molecule has 0 aliphatic rings. The minimum absolute atomic E-state index is 0.00305. The molecule has 0 aliphatic heterocycles. The van der Waals surface area contributed by atoms with Gasteiger partial charge in [-0.3, -0.25) is 19.0 Å². The zero-order chi connectivity index (χ0) is 32.0. The van der Waals surface area contributed by atoms with E-state index in [9.17, 15) is 24.3 Å². The molecular weight excluding hydrogens is 588 g/mol.